The molecule has 0 aromatic rings. The van der Waals surface area contributed by atoms with E-state index in [0.717, 1.165) is 51.4 Å². The first-order chi connectivity index (χ1) is 19.9. The van der Waals surface area contributed by atoms with Crippen LogP contribution in [0.3, 0.4) is 0 Å². The number of nitrogens with zero attached hydrogens (tertiary/aromatic N) is 1. The molecule has 0 aromatic heterocycles. The van der Waals surface area contributed by atoms with Gasteiger partial charge in [-0.1, -0.05) is 12.8 Å². The third kappa shape index (κ3) is 11.3. The van der Waals surface area contributed by atoms with Gasteiger partial charge in [0, 0.05) is 45.6 Å². The van der Waals surface area contributed by atoms with E-state index in [1.165, 1.54) is 23.8 Å². The molecule has 1 aliphatic carbocycles. The van der Waals surface area contributed by atoms with Crippen LogP contribution in [0.4, 0.5) is 0 Å². The van der Waals surface area contributed by atoms with Crippen molar-refractivity contribution in [3.8, 4) is 0 Å². The SMILES string of the molecule is C=P(O)(OCCCCCCNC(=O)C1CCC(CN2C(=O)CC(SC)C2=O)CC1)OCC1OCCC1OP(=C)(O)OC. The molecule has 242 valence electrons. The van der Waals surface area contributed by atoms with Crippen molar-refractivity contribution >= 4 is 57.2 Å². The summed E-state index contributed by atoms with van der Waals surface area (Å²) in [7, 11) is -5.11. The van der Waals surface area contributed by atoms with Gasteiger partial charge in [0.15, 0.2) is 0 Å². The predicted molar refractivity (Wildman–Crippen MR) is 166 cm³/mol. The molecule has 0 spiro atoms. The number of carbonyl (C=O) groups excluding carboxylic acids is 3. The molecule has 0 radical (unpaired) electrons. The van der Waals surface area contributed by atoms with Crippen molar-refractivity contribution in [3.63, 3.8) is 0 Å². The van der Waals surface area contributed by atoms with Gasteiger partial charge in [-0.05, 0) is 63.3 Å². The third-order valence-corrected chi connectivity index (χ3v) is 11.2. The van der Waals surface area contributed by atoms with E-state index in [1.54, 1.807) is 0 Å². The number of thioether (sulfide) groups is 1. The third-order valence-electron chi connectivity index (χ3n) is 7.98. The van der Waals surface area contributed by atoms with E-state index in [0.29, 0.717) is 39.1 Å². The Balaban J connectivity index is 1.20. The van der Waals surface area contributed by atoms with Gasteiger partial charge in [-0.15, -0.1) is 0 Å². The van der Waals surface area contributed by atoms with Crippen molar-refractivity contribution in [1.29, 1.82) is 0 Å². The molecule has 3 fully saturated rings. The summed E-state index contributed by atoms with van der Waals surface area (Å²) in [4.78, 5) is 58.9. The zero-order valence-electron chi connectivity index (χ0n) is 24.8. The summed E-state index contributed by atoms with van der Waals surface area (Å²) in [6.07, 6.45) is 15.6. The van der Waals surface area contributed by atoms with E-state index in [4.69, 9.17) is 22.8 Å². The highest BCUT2D eigenvalue weighted by molar-refractivity contribution is 8.00. The first kappa shape index (κ1) is 35.8. The van der Waals surface area contributed by atoms with Crippen LogP contribution in [-0.4, -0.2) is 109 Å². The summed E-state index contributed by atoms with van der Waals surface area (Å²) in [5.74, 6) is 0.201. The van der Waals surface area contributed by atoms with Gasteiger partial charge in [0.25, 0.3) is 0 Å². The minimum absolute atomic E-state index is 0.0137. The Morgan fingerprint density at radius 2 is 1.79 bits per heavy atom. The summed E-state index contributed by atoms with van der Waals surface area (Å²) in [6.45, 7) is 1.84. The lowest BCUT2D eigenvalue weighted by Crippen LogP contribution is -2.39. The lowest BCUT2D eigenvalue weighted by molar-refractivity contribution is -0.139. The second-order valence-electron chi connectivity index (χ2n) is 11.1. The monoisotopic (exact) mass is 654 g/mol. The van der Waals surface area contributed by atoms with Crippen LogP contribution in [0.5, 0.6) is 0 Å². The molecule has 15 heteroatoms. The highest BCUT2D eigenvalue weighted by Crippen LogP contribution is 2.47. The lowest BCUT2D eigenvalue weighted by atomic mass is 9.81. The summed E-state index contributed by atoms with van der Waals surface area (Å²) >= 11 is 1.43. The van der Waals surface area contributed by atoms with E-state index in [1.807, 2.05) is 6.26 Å². The highest BCUT2D eigenvalue weighted by atomic mass is 32.2. The summed E-state index contributed by atoms with van der Waals surface area (Å²) in [5.41, 5.74) is 0. The van der Waals surface area contributed by atoms with E-state index >= 15 is 0 Å². The molecule has 2 aliphatic heterocycles. The number of amides is 3. The highest BCUT2D eigenvalue weighted by Gasteiger charge is 2.40. The van der Waals surface area contributed by atoms with Crippen LogP contribution in [0.15, 0.2) is 0 Å². The van der Waals surface area contributed by atoms with Crippen LogP contribution in [0, 0.1) is 11.8 Å². The van der Waals surface area contributed by atoms with E-state index in [-0.39, 0.29) is 41.4 Å². The Kier molecular flexibility index (Phi) is 14.6. The smallest absolute Gasteiger partial charge is 0.248 e. The molecule has 2 saturated heterocycles. The number of nitrogens with one attached hydrogen (secondary N) is 1. The number of hydrogen-bond acceptors (Lipinski definition) is 11. The van der Waals surface area contributed by atoms with Gasteiger partial charge in [0.05, 0.1) is 24.6 Å². The second kappa shape index (κ2) is 17.1. The minimum atomic E-state index is -3.27. The average molecular weight is 655 g/mol. The van der Waals surface area contributed by atoms with Crippen LogP contribution >= 0.6 is 26.9 Å². The van der Waals surface area contributed by atoms with Gasteiger partial charge < -0.3 is 37.9 Å². The minimum Gasteiger partial charge on any atom is -0.373 e. The van der Waals surface area contributed by atoms with Crippen LogP contribution in [-0.2, 0) is 37.2 Å². The maximum Gasteiger partial charge on any atom is 0.248 e. The Labute approximate surface area is 253 Å². The van der Waals surface area contributed by atoms with Crippen LogP contribution in [0.25, 0.3) is 0 Å². The van der Waals surface area contributed by atoms with E-state index in [2.05, 4.69) is 17.9 Å². The van der Waals surface area contributed by atoms with Gasteiger partial charge in [-0.2, -0.15) is 11.8 Å². The first-order valence-corrected chi connectivity index (χ1v) is 19.5. The molecule has 0 bridgehead atoms. The van der Waals surface area contributed by atoms with Crippen LogP contribution in [0.2, 0.25) is 0 Å². The van der Waals surface area contributed by atoms with Crippen molar-refractivity contribution in [2.75, 3.05) is 46.3 Å². The van der Waals surface area contributed by atoms with Gasteiger partial charge in [-0.3, -0.25) is 19.3 Å². The number of rotatable bonds is 18. The Morgan fingerprint density at radius 1 is 1.07 bits per heavy atom. The number of unbranched alkanes of at least 4 members (excludes halogenated alkanes) is 3. The fourth-order valence-electron chi connectivity index (χ4n) is 5.42. The van der Waals surface area contributed by atoms with E-state index < -0.39 is 27.3 Å². The van der Waals surface area contributed by atoms with Crippen molar-refractivity contribution in [1.82, 2.24) is 10.2 Å². The predicted octanol–water partition coefficient (Wildman–Crippen LogP) is 3.19. The number of imide groups is 1. The molecule has 0 aromatic carbocycles. The number of likely N-dealkylation sites (tertiary alicyclic amines) is 1. The number of carbonyl (C=O) groups is 3. The summed E-state index contributed by atoms with van der Waals surface area (Å²) < 4.78 is 27.0. The van der Waals surface area contributed by atoms with E-state index in [9.17, 15) is 24.2 Å². The normalized spacial score (nSPS) is 29.4. The number of ether oxygens (including phenoxy) is 1. The zero-order valence-corrected chi connectivity index (χ0v) is 27.4. The topological polar surface area (TPSA) is 153 Å². The van der Waals surface area contributed by atoms with Crippen molar-refractivity contribution in [3.05, 3.63) is 0 Å². The van der Waals surface area contributed by atoms with Crippen molar-refractivity contribution in [2.24, 2.45) is 11.8 Å². The molecule has 1 saturated carbocycles. The fourth-order valence-corrected chi connectivity index (χ4v) is 7.68. The lowest BCUT2D eigenvalue weighted by Gasteiger charge is -2.30. The maximum atomic E-state index is 12.6. The molecule has 3 aliphatic rings. The summed E-state index contributed by atoms with van der Waals surface area (Å²) in [5, 5.41) is 2.80. The molecule has 3 N–H and O–H groups in total. The standard InChI is InChI=1S/C27H48N2O10P2S/c1-35-40(2,33)39-22-13-16-36-23(22)19-38-41(3,34)37-15-8-6-5-7-14-28-26(31)21-11-9-20(10-12-21)18-29-25(30)17-24(42-4)27(29)32/h20-24,33-34H,2-3,5-19H2,1,4H3,(H,28,31). The van der Waals surface area contributed by atoms with Gasteiger partial charge in [0.1, 0.15) is 6.10 Å². The van der Waals surface area contributed by atoms with Crippen molar-refractivity contribution in [2.45, 2.75) is 81.7 Å². The second-order valence-corrected chi connectivity index (χ2v) is 15.8. The molecule has 2 heterocycles. The molecular formula is C27H48N2O10P2S. The zero-order chi connectivity index (χ0) is 30.8. The molecule has 5 unspecified atom stereocenters. The Morgan fingerprint density at radius 3 is 2.45 bits per heavy atom. The maximum absolute atomic E-state index is 12.6. The first-order valence-electron chi connectivity index (χ1n) is 14.7. The van der Waals surface area contributed by atoms with Crippen LogP contribution < -0.4 is 5.32 Å². The van der Waals surface area contributed by atoms with Crippen molar-refractivity contribution < 1.29 is 47.0 Å². The number of hydrogen-bond donors (Lipinski definition) is 3. The molecule has 42 heavy (non-hydrogen) atoms. The molecule has 5 atom stereocenters. The Bertz CT molecular complexity index is 1010. The summed E-state index contributed by atoms with van der Waals surface area (Å²) in [6, 6.07) is 0. The molecule has 3 rings (SSSR count). The van der Waals surface area contributed by atoms with Gasteiger partial charge in [-0.25, -0.2) is 0 Å². The fraction of sp³-hybridized carbons (Fsp3) is 0.815. The molecule has 12 nitrogen and oxygen atoms in total. The van der Waals surface area contributed by atoms with Gasteiger partial charge >= 0.3 is 0 Å². The Hall–Kier alpha value is -0.720. The average Bonchev–Trinajstić information content (AvgIpc) is 3.51. The molecular weight excluding hydrogens is 606 g/mol. The van der Waals surface area contributed by atoms with Gasteiger partial charge in [0.2, 0.25) is 32.9 Å². The largest absolute Gasteiger partial charge is 0.373 e. The molecule has 3 amide bonds. The quantitative estimate of drug-likeness (QED) is 0.114. The van der Waals surface area contributed by atoms with Crippen LogP contribution in [0.1, 0.15) is 64.2 Å².